The molecule has 1 N–H and O–H groups in total. The molecule has 1 aliphatic rings. The number of hydrogen-bond donors (Lipinski definition) is 1. The molecule has 0 aliphatic carbocycles. The summed E-state index contributed by atoms with van der Waals surface area (Å²) in [5.41, 5.74) is 0.848. The minimum Gasteiger partial charge on any atom is -0.455 e. The summed E-state index contributed by atoms with van der Waals surface area (Å²) < 4.78 is 11.8. The quantitative estimate of drug-likeness (QED) is 0.918. The predicted molar refractivity (Wildman–Crippen MR) is 81.2 cm³/mol. The summed E-state index contributed by atoms with van der Waals surface area (Å²) in [5.74, 6) is -0.847. The van der Waals surface area contributed by atoms with E-state index < -0.39 is 11.4 Å². The number of hydrogen-bond acceptors (Lipinski definition) is 3. The zero-order valence-electron chi connectivity index (χ0n) is 12.5. The van der Waals surface area contributed by atoms with Crippen LogP contribution in [0.5, 0.6) is 5.75 Å². The molecule has 110 valence electrons. The monoisotopic (exact) mass is 284 g/mol. The van der Waals surface area contributed by atoms with Crippen LogP contribution in [0.1, 0.15) is 30.9 Å². The Bertz CT molecular complexity index is 640. The van der Waals surface area contributed by atoms with Crippen LogP contribution < -0.4 is 4.74 Å². The lowest BCUT2D eigenvalue weighted by Crippen LogP contribution is -2.60. The molecule has 0 aromatic heterocycles. The van der Waals surface area contributed by atoms with Crippen LogP contribution in [0.3, 0.4) is 0 Å². The molecule has 0 spiro atoms. The van der Waals surface area contributed by atoms with Crippen molar-refractivity contribution in [3.05, 3.63) is 65.7 Å². The van der Waals surface area contributed by atoms with Gasteiger partial charge in [0, 0.05) is 24.2 Å². The SMILES string of the molecule is COC1(C)C(C)c2ccccc2OC1(O)c1ccccc1. The van der Waals surface area contributed by atoms with Gasteiger partial charge in [-0.1, -0.05) is 55.5 Å². The minimum absolute atomic E-state index is 0.0161. The van der Waals surface area contributed by atoms with E-state index >= 15 is 0 Å². The molecule has 1 aliphatic heterocycles. The molecule has 0 saturated carbocycles. The van der Waals surface area contributed by atoms with E-state index in [9.17, 15) is 5.11 Å². The first kappa shape index (κ1) is 14.1. The highest BCUT2D eigenvalue weighted by atomic mass is 16.7. The predicted octanol–water partition coefficient (Wildman–Crippen LogP) is 3.43. The molecular weight excluding hydrogens is 264 g/mol. The Morgan fingerprint density at radius 1 is 1.05 bits per heavy atom. The maximum atomic E-state index is 11.3. The second-order valence-electron chi connectivity index (χ2n) is 5.68. The number of benzene rings is 2. The molecule has 1 heterocycles. The fourth-order valence-electron chi connectivity index (χ4n) is 3.11. The van der Waals surface area contributed by atoms with Crippen molar-refractivity contribution >= 4 is 0 Å². The Labute approximate surface area is 125 Å². The van der Waals surface area contributed by atoms with Crippen LogP contribution >= 0.6 is 0 Å². The Balaban J connectivity index is 2.21. The van der Waals surface area contributed by atoms with E-state index in [1.54, 1.807) is 7.11 Å². The molecule has 3 heteroatoms. The van der Waals surface area contributed by atoms with Gasteiger partial charge in [-0.05, 0) is 13.0 Å². The average molecular weight is 284 g/mol. The highest BCUT2D eigenvalue weighted by Gasteiger charge is 2.58. The molecule has 2 aromatic carbocycles. The van der Waals surface area contributed by atoms with Crippen molar-refractivity contribution in [2.24, 2.45) is 0 Å². The van der Waals surface area contributed by atoms with Crippen molar-refractivity contribution in [2.75, 3.05) is 7.11 Å². The zero-order chi connectivity index (χ0) is 15.1. The molecule has 0 radical (unpaired) electrons. The number of rotatable bonds is 2. The van der Waals surface area contributed by atoms with E-state index in [4.69, 9.17) is 9.47 Å². The Hall–Kier alpha value is -1.84. The Morgan fingerprint density at radius 3 is 2.33 bits per heavy atom. The maximum absolute atomic E-state index is 11.3. The van der Waals surface area contributed by atoms with E-state index in [2.05, 4.69) is 6.92 Å². The molecule has 3 rings (SSSR count). The first-order valence-corrected chi connectivity index (χ1v) is 7.14. The van der Waals surface area contributed by atoms with Crippen LogP contribution in [0.4, 0.5) is 0 Å². The number of para-hydroxylation sites is 1. The van der Waals surface area contributed by atoms with Gasteiger partial charge in [0.2, 0.25) is 0 Å². The summed E-state index contributed by atoms with van der Waals surface area (Å²) in [6, 6.07) is 17.2. The first-order chi connectivity index (χ1) is 10.0. The lowest BCUT2D eigenvalue weighted by molar-refractivity contribution is -0.286. The van der Waals surface area contributed by atoms with Crippen molar-refractivity contribution in [3.8, 4) is 5.75 Å². The van der Waals surface area contributed by atoms with E-state index in [0.717, 1.165) is 5.56 Å². The molecule has 0 amide bonds. The van der Waals surface area contributed by atoms with Crippen LogP contribution in [0.15, 0.2) is 54.6 Å². The smallest absolute Gasteiger partial charge is 0.264 e. The summed E-state index contributed by atoms with van der Waals surface area (Å²) in [6.45, 7) is 3.94. The Kier molecular flexibility index (Phi) is 3.27. The van der Waals surface area contributed by atoms with Gasteiger partial charge in [0.05, 0.1) is 0 Å². The summed E-state index contributed by atoms with van der Waals surface area (Å²) in [7, 11) is 1.61. The second-order valence-corrected chi connectivity index (χ2v) is 5.68. The van der Waals surface area contributed by atoms with Crippen LogP contribution in [0, 0.1) is 0 Å². The first-order valence-electron chi connectivity index (χ1n) is 7.14. The fraction of sp³-hybridized carbons (Fsp3) is 0.333. The third kappa shape index (κ3) is 1.88. The van der Waals surface area contributed by atoms with Crippen LogP contribution in [-0.2, 0) is 10.5 Å². The van der Waals surface area contributed by atoms with Crippen molar-refractivity contribution in [2.45, 2.75) is 31.2 Å². The summed E-state index contributed by atoms with van der Waals surface area (Å²) in [6.07, 6.45) is 0. The van der Waals surface area contributed by atoms with Gasteiger partial charge in [-0.2, -0.15) is 0 Å². The summed E-state index contributed by atoms with van der Waals surface area (Å²) in [5, 5.41) is 11.3. The number of ether oxygens (including phenoxy) is 2. The second kappa shape index (κ2) is 4.86. The van der Waals surface area contributed by atoms with Gasteiger partial charge in [-0.3, -0.25) is 0 Å². The standard InChI is InChI=1S/C18H20O3/c1-13-15-11-7-8-12-16(15)21-18(19,17(13,2)20-3)14-9-5-4-6-10-14/h4-13,19H,1-3H3. The van der Waals surface area contributed by atoms with Gasteiger partial charge in [-0.25, -0.2) is 0 Å². The topological polar surface area (TPSA) is 38.7 Å². The van der Waals surface area contributed by atoms with Gasteiger partial charge in [0.25, 0.3) is 5.79 Å². The molecule has 0 saturated heterocycles. The molecule has 3 unspecified atom stereocenters. The van der Waals surface area contributed by atoms with Gasteiger partial charge < -0.3 is 14.6 Å². The van der Waals surface area contributed by atoms with Crippen molar-refractivity contribution < 1.29 is 14.6 Å². The van der Waals surface area contributed by atoms with Crippen LogP contribution in [0.25, 0.3) is 0 Å². The number of fused-ring (bicyclic) bond motifs is 1. The van der Waals surface area contributed by atoms with Crippen LogP contribution in [-0.4, -0.2) is 17.8 Å². The van der Waals surface area contributed by atoms with Crippen molar-refractivity contribution in [1.82, 2.24) is 0 Å². The largest absolute Gasteiger partial charge is 0.455 e. The normalized spacial score (nSPS) is 31.3. The maximum Gasteiger partial charge on any atom is 0.264 e. The van der Waals surface area contributed by atoms with Gasteiger partial charge in [0.1, 0.15) is 11.4 Å². The zero-order valence-corrected chi connectivity index (χ0v) is 12.5. The van der Waals surface area contributed by atoms with E-state index in [1.165, 1.54) is 0 Å². The van der Waals surface area contributed by atoms with E-state index in [1.807, 2.05) is 61.5 Å². The molecule has 0 bridgehead atoms. The minimum atomic E-state index is -1.53. The number of methoxy groups -OCH3 is 1. The molecule has 21 heavy (non-hydrogen) atoms. The summed E-state index contributed by atoms with van der Waals surface area (Å²) >= 11 is 0. The molecule has 3 atom stereocenters. The van der Waals surface area contributed by atoms with Gasteiger partial charge in [-0.15, -0.1) is 0 Å². The van der Waals surface area contributed by atoms with Crippen molar-refractivity contribution in [1.29, 1.82) is 0 Å². The molecule has 0 fully saturated rings. The highest BCUT2D eigenvalue weighted by molar-refractivity contribution is 5.43. The lowest BCUT2D eigenvalue weighted by Gasteiger charge is -2.50. The molecule has 2 aromatic rings. The van der Waals surface area contributed by atoms with E-state index in [0.29, 0.717) is 11.3 Å². The van der Waals surface area contributed by atoms with Gasteiger partial charge in [0.15, 0.2) is 0 Å². The Morgan fingerprint density at radius 2 is 1.67 bits per heavy atom. The van der Waals surface area contributed by atoms with E-state index in [-0.39, 0.29) is 5.92 Å². The fourth-order valence-corrected chi connectivity index (χ4v) is 3.11. The third-order valence-corrected chi connectivity index (χ3v) is 4.73. The van der Waals surface area contributed by atoms with Crippen molar-refractivity contribution in [3.63, 3.8) is 0 Å². The number of aliphatic hydroxyl groups is 1. The highest BCUT2D eigenvalue weighted by Crippen LogP contribution is 2.52. The molecular formula is C18H20O3. The third-order valence-electron chi connectivity index (χ3n) is 4.73. The van der Waals surface area contributed by atoms with Gasteiger partial charge >= 0.3 is 0 Å². The summed E-state index contributed by atoms with van der Waals surface area (Å²) in [4.78, 5) is 0. The lowest BCUT2D eigenvalue weighted by atomic mass is 9.73. The van der Waals surface area contributed by atoms with Crippen LogP contribution in [0.2, 0.25) is 0 Å². The molecule has 3 nitrogen and oxygen atoms in total. The average Bonchev–Trinajstić information content (AvgIpc) is 2.53.